The van der Waals surface area contributed by atoms with Gasteiger partial charge in [0.2, 0.25) is 0 Å². The van der Waals surface area contributed by atoms with Crippen molar-refractivity contribution in [1.82, 2.24) is 4.90 Å². The average molecular weight is 437 g/mol. The number of anilines is 1. The molecule has 0 unspecified atom stereocenters. The molecule has 3 rings (SSSR count). The molecule has 2 aromatic carbocycles. The second-order valence-corrected chi connectivity index (χ2v) is 7.25. The van der Waals surface area contributed by atoms with Crippen molar-refractivity contribution in [2.45, 2.75) is 6.42 Å². The smallest absolute Gasteiger partial charge is 0.162 e. The highest BCUT2D eigenvalue weighted by Gasteiger charge is 2.14. The maximum absolute atomic E-state index is 13.4. The van der Waals surface area contributed by atoms with Crippen molar-refractivity contribution >= 4 is 28.8 Å². The Morgan fingerprint density at radius 3 is 2.70 bits per heavy atom. The SMILES string of the molecule is COc1cc(N)c(C(N)=Nc2ccc(F)c(Cl)c2)cc1OCCCN1CCOCC1. The van der Waals surface area contributed by atoms with E-state index in [1.54, 1.807) is 19.2 Å². The Kier molecular flexibility index (Phi) is 7.73. The molecule has 0 aromatic heterocycles. The van der Waals surface area contributed by atoms with E-state index in [1.165, 1.54) is 18.2 Å². The number of nitrogen functional groups attached to an aromatic ring is 1. The van der Waals surface area contributed by atoms with Crippen LogP contribution in [0.5, 0.6) is 11.5 Å². The molecule has 0 amide bonds. The lowest BCUT2D eigenvalue weighted by molar-refractivity contribution is 0.0357. The second-order valence-electron chi connectivity index (χ2n) is 6.84. The van der Waals surface area contributed by atoms with Gasteiger partial charge in [-0.2, -0.15) is 0 Å². The molecule has 2 aromatic rings. The quantitative estimate of drug-likeness (QED) is 0.285. The molecule has 1 aliphatic heterocycles. The summed E-state index contributed by atoms with van der Waals surface area (Å²) in [5, 5.41) is -0.0314. The van der Waals surface area contributed by atoms with Gasteiger partial charge in [0, 0.05) is 37.0 Å². The van der Waals surface area contributed by atoms with Crippen molar-refractivity contribution < 1.29 is 18.6 Å². The zero-order valence-electron chi connectivity index (χ0n) is 16.9. The summed E-state index contributed by atoms with van der Waals surface area (Å²) < 4.78 is 30.0. The van der Waals surface area contributed by atoms with Crippen molar-refractivity contribution in [2.75, 3.05) is 52.3 Å². The van der Waals surface area contributed by atoms with Gasteiger partial charge in [-0.05, 0) is 30.7 Å². The molecule has 1 saturated heterocycles. The summed E-state index contributed by atoms with van der Waals surface area (Å²) in [6.45, 7) is 4.87. The molecule has 4 N–H and O–H groups in total. The van der Waals surface area contributed by atoms with Crippen LogP contribution in [-0.4, -0.2) is 57.3 Å². The summed E-state index contributed by atoms with van der Waals surface area (Å²) in [6.07, 6.45) is 0.862. The third-order valence-corrected chi connectivity index (χ3v) is 5.03. The summed E-state index contributed by atoms with van der Waals surface area (Å²) in [4.78, 5) is 6.64. The van der Waals surface area contributed by atoms with Gasteiger partial charge in [-0.3, -0.25) is 4.90 Å². The molecule has 1 aliphatic rings. The molecule has 0 radical (unpaired) electrons. The van der Waals surface area contributed by atoms with E-state index in [2.05, 4.69) is 9.89 Å². The molecule has 0 aliphatic carbocycles. The largest absolute Gasteiger partial charge is 0.493 e. The number of amidine groups is 1. The highest BCUT2D eigenvalue weighted by Crippen LogP contribution is 2.33. The van der Waals surface area contributed by atoms with E-state index in [0.717, 1.165) is 39.3 Å². The maximum Gasteiger partial charge on any atom is 0.162 e. The van der Waals surface area contributed by atoms with E-state index < -0.39 is 5.82 Å². The number of methoxy groups -OCH3 is 1. The highest BCUT2D eigenvalue weighted by molar-refractivity contribution is 6.31. The zero-order chi connectivity index (χ0) is 21.5. The third kappa shape index (κ3) is 5.75. The molecule has 7 nitrogen and oxygen atoms in total. The molecule has 0 atom stereocenters. The monoisotopic (exact) mass is 436 g/mol. The number of hydrogen-bond donors (Lipinski definition) is 2. The standard InChI is InChI=1S/C21H26ClFN4O3/c1-28-19-13-18(24)15(21(25)26-14-3-4-17(23)16(22)11-14)12-20(19)30-8-2-5-27-6-9-29-10-7-27/h3-4,11-13H,2,5-10,24H2,1H3,(H2,25,26). The van der Waals surface area contributed by atoms with Gasteiger partial charge >= 0.3 is 0 Å². The van der Waals surface area contributed by atoms with Crippen LogP contribution < -0.4 is 20.9 Å². The molecule has 162 valence electrons. The van der Waals surface area contributed by atoms with Crippen molar-refractivity contribution in [3.63, 3.8) is 0 Å². The Hall–Kier alpha value is -2.55. The van der Waals surface area contributed by atoms with Gasteiger partial charge < -0.3 is 25.7 Å². The van der Waals surface area contributed by atoms with Crippen LogP contribution in [0, 0.1) is 5.82 Å². The van der Waals surface area contributed by atoms with Crippen LogP contribution >= 0.6 is 11.6 Å². The summed E-state index contributed by atoms with van der Waals surface area (Å²) in [6, 6.07) is 7.46. The minimum Gasteiger partial charge on any atom is -0.493 e. The van der Waals surface area contributed by atoms with Gasteiger partial charge in [-0.1, -0.05) is 11.6 Å². The predicted octanol–water partition coefficient (Wildman–Crippen LogP) is 3.21. The number of benzene rings is 2. The fraction of sp³-hybridized carbons (Fsp3) is 0.381. The van der Waals surface area contributed by atoms with E-state index in [0.29, 0.717) is 35.0 Å². The molecule has 1 heterocycles. The van der Waals surface area contributed by atoms with E-state index >= 15 is 0 Å². The van der Waals surface area contributed by atoms with Crippen LogP contribution in [0.3, 0.4) is 0 Å². The van der Waals surface area contributed by atoms with Crippen LogP contribution in [0.25, 0.3) is 0 Å². The number of rotatable bonds is 8. The Morgan fingerprint density at radius 2 is 2.00 bits per heavy atom. The maximum atomic E-state index is 13.4. The normalized spacial score (nSPS) is 15.2. The fourth-order valence-corrected chi connectivity index (χ4v) is 3.29. The van der Waals surface area contributed by atoms with Crippen LogP contribution in [0.15, 0.2) is 35.3 Å². The Labute approximate surface area is 180 Å². The number of aliphatic imine (C=N–C) groups is 1. The number of morpholine rings is 1. The Bertz CT molecular complexity index is 904. The van der Waals surface area contributed by atoms with E-state index in [-0.39, 0.29) is 10.9 Å². The number of nitrogens with two attached hydrogens (primary N) is 2. The van der Waals surface area contributed by atoms with Crippen molar-refractivity contribution in [1.29, 1.82) is 0 Å². The van der Waals surface area contributed by atoms with Crippen LogP contribution in [-0.2, 0) is 4.74 Å². The van der Waals surface area contributed by atoms with Gasteiger partial charge in [0.05, 0.1) is 37.6 Å². The molecule has 0 saturated carbocycles. The Balaban J connectivity index is 1.71. The first-order valence-corrected chi connectivity index (χ1v) is 10.1. The first-order valence-electron chi connectivity index (χ1n) is 9.68. The lowest BCUT2D eigenvalue weighted by Gasteiger charge is -2.26. The van der Waals surface area contributed by atoms with Gasteiger partial charge in [0.15, 0.2) is 11.5 Å². The average Bonchev–Trinajstić information content (AvgIpc) is 2.75. The highest BCUT2D eigenvalue weighted by atomic mass is 35.5. The van der Waals surface area contributed by atoms with Gasteiger partial charge in [0.1, 0.15) is 11.7 Å². The number of ether oxygens (including phenoxy) is 3. The topological polar surface area (TPSA) is 95.3 Å². The van der Waals surface area contributed by atoms with Gasteiger partial charge in [-0.15, -0.1) is 0 Å². The van der Waals surface area contributed by atoms with E-state index in [1.807, 2.05) is 0 Å². The first kappa shape index (κ1) is 22.1. The van der Waals surface area contributed by atoms with Crippen LogP contribution in [0.1, 0.15) is 12.0 Å². The minimum absolute atomic E-state index is 0.0314. The molecule has 0 spiro atoms. The molecular formula is C21H26ClFN4O3. The van der Waals surface area contributed by atoms with Crippen molar-refractivity contribution in [3.05, 3.63) is 46.7 Å². The molecule has 9 heteroatoms. The number of nitrogens with zero attached hydrogens (tertiary/aromatic N) is 2. The minimum atomic E-state index is -0.522. The third-order valence-electron chi connectivity index (χ3n) is 4.74. The lowest BCUT2D eigenvalue weighted by Crippen LogP contribution is -2.37. The van der Waals surface area contributed by atoms with Gasteiger partial charge in [0.25, 0.3) is 0 Å². The number of halogens is 2. The van der Waals surface area contributed by atoms with E-state index in [9.17, 15) is 4.39 Å². The van der Waals surface area contributed by atoms with Crippen molar-refractivity contribution in [3.8, 4) is 11.5 Å². The fourth-order valence-electron chi connectivity index (χ4n) is 3.12. The van der Waals surface area contributed by atoms with Crippen LogP contribution in [0.2, 0.25) is 5.02 Å². The summed E-state index contributed by atoms with van der Waals surface area (Å²) >= 11 is 5.81. The first-order chi connectivity index (χ1) is 14.5. The Morgan fingerprint density at radius 1 is 1.23 bits per heavy atom. The van der Waals surface area contributed by atoms with Crippen molar-refractivity contribution in [2.24, 2.45) is 10.7 Å². The van der Waals surface area contributed by atoms with Gasteiger partial charge in [-0.25, -0.2) is 9.38 Å². The molecule has 30 heavy (non-hydrogen) atoms. The summed E-state index contributed by atoms with van der Waals surface area (Å²) in [7, 11) is 1.55. The summed E-state index contributed by atoms with van der Waals surface area (Å²) in [5.74, 6) is 0.682. The molecular weight excluding hydrogens is 411 g/mol. The summed E-state index contributed by atoms with van der Waals surface area (Å²) in [5.41, 5.74) is 13.6. The van der Waals surface area contributed by atoms with E-state index in [4.69, 9.17) is 37.3 Å². The lowest BCUT2D eigenvalue weighted by atomic mass is 10.1. The number of hydrogen-bond acceptors (Lipinski definition) is 6. The molecule has 1 fully saturated rings. The van der Waals surface area contributed by atoms with Crippen LogP contribution in [0.4, 0.5) is 15.8 Å². The zero-order valence-corrected chi connectivity index (χ0v) is 17.6. The molecule has 0 bridgehead atoms. The predicted molar refractivity (Wildman–Crippen MR) is 117 cm³/mol. The second kappa shape index (κ2) is 10.5.